The zero-order chi connectivity index (χ0) is 47.1. The molecule has 0 saturated heterocycles. The summed E-state index contributed by atoms with van der Waals surface area (Å²) in [6, 6.07) is 74.7. The molecule has 69 heavy (non-hydrogen) atoms. The van der Waals surface area contributed by atoms with E-state index < -0.39 is 8.07 Å². The maximum Gasteiger partial charge on any atom is 0.252 e. The Bertz CT molecular complexity index is 3480. The van der Waals surface area contributed by atoms with Gasteiger partial charge in [0.25, 0.3) is 6.71 Å². The van der Waals surface area contributed by atoms with E-state index in [1.807, 2.05) is 0 Å². The third kappa shape index (κ3) is 5.86. The molecule has 9 aromatic carbocycles. The van der Waals surface area contributed by atoms with Crippen molar-refractivity contribution in [1.29, 1.82) is 0 Å². The number of hydrogen-bond acceptors (Lipinski definition) is 3. The average Bonchev–Trinajstić information content (AvgIpc) is 3.64. The van der Waals surface area contributed by atoms with E-state index >= 15 is 0 Å². The van der Waals surface area contributed by atoms with Gasteiger partial charge in [-0.1, -0.05) is 187 Å². The van der Waals surface area contributed by atoms with Gasteiger partial charge in [0.1, 0.15) is 0 Å². The zero-order valence-electron chi connectivity index (χ0n) is 40.9. The molecule has 3 nitrogen and oxygen atoms in total. The molecule has 0 atom stereocenters. The summed E-state index contributed by atoms with van der Waals surface area (Å²) >= 11 is 0. The minimum Gasteiger partial charge on any atom is -0.312 e. The highest BCUT2D eigenvalue weighted by Crippen LogP contribution is 2.51. The van der Waals surface area contributed by atoms with Gasteiger partial charge in [0, 0.05) is 39.8 Å². The lowest BCUT2D eigenvalue weighted by atomic mass is 9.33. The van der Waals surface area contributed by atoms with Crippen LogP contribution in [0.25, 0.3) is 11.1 Å². The second kappa shape index (κ2) is 14.8. The van der Waals surface area contributed by atoms with E-state index in [-0.39, 0.29) is 17.5 Å². The van der Waals surface area contributed by atoms with E-state index in [0.29, 0.717) is 0 Å². The summed E-state index contributed by atoms with van der Waals surface area (Å²) in [5.74, 6) is 0. The molecule has 4 heterocycles. The Morgan fingerprint density at radius 2 is 0.899 bits per heavy atom. The molecular formula is C64H56BN3Si. The van der Waals surface area contributed by atoms with Crippen molar-refractivity contribution >= 4 is 103 Å². The Kier molecular flexibility index (Phi) is 8.99. The Morgan fingerprint density at radius 1 is 0.391 bits per heavy atom. The van der Waals surface area contributed by atoms with Crippen LogP contribution >= 0.6 is 0 Å². The third-order valence-electron chi connectivity index (χ3n) is 15.7. The van der Waals surface area contributed by atoms with Crippen LogP contribution in [-0.4, -0.2) is 14.8 Å². The summed E-state index contributed by atoms with van der Waals surface area (Å²) in [6.45, 7) is 18.7. The van der Waals surface area contributed by atoms with Crippen molar-refractivity contribution in [2.45, 2.75) is 66.2 Å². The Hall–Kier alpha value is -7.34. The van der Waals surface area contributed by atoms with Crippen molar-refractivity contribution < 1.29 is 0 Å². The van der Waals surface area contributed by atoms with Gasteiger partial charge in [0.05, 0.1) is 11.4 Å². The molecule has 0 N–H and O–H groups in total. The maximum absolute atomic E-state index is 2.85. The molecule has 0 bridgehead atoms. The molecule has 0 aliphatic carbocycles. The molecule has 0 saturated carbocycles. The van der Waals surface area contributed by atoms with Crippen LogP contribution < -0.4 is 51.8 Å². The van der Waals surface area contributed by atoms with Crippen molar-refractivity contribution in [3.8, 4) is 11.1 Å². The summed E-state index contributed by atoms with van der Waals surface area (Å²) in [4.78, 5) is 7.81. The van der Waals surface area contributed by atoms with Crippen molar-refractivity contribution in [1.82, 2.24) is 0 Å². The number of hydrogen-bond donors (Lipinski definition) is 0. The van der Waals surface area contributed by atoms with Crippen LogP contribution in [0.1, 0.15) is 63.8 Å². The first-order chi connectivity index (χ1) is 33.4. The highest BCUT2D eigenvalue weighted by Gasteiger charge is 2.57. The van der Waals surface area contributed by atoms with Gasteiger partial charge < -0.3 is 14.7 Å². The fourth-order valence-corrected chi connectivity index (χ4v) is 18.3. The first kappa shape index (κ1) is 41.8. The SMILES string of the molecule is Cc1cc(C(C)(C)C)cc(C)c1N1c2ccc(C(C)(C)C)cc2B2c3cccc4c3N(c3ccccc3[Si]43c4ccccc4-c4ccccc43)c3cc(N(c4ccccc4)c4ccccc4)cc1c32. The molecule has 0 fully saturated rings. The summed E-state index contributed by atoms with van der Waals surface area (Å²) < 4.78 is 0. The quantitative estimate of drug-likeness (QED) is 0.163. The third-order valence-corrected chi connectivity index (χ3v) is 20.6. The zero-order valence-corrected chi connectivity index (χ0v) is 41.9. The Labute approximate surface area is 409 Å². The highest BCUT2D eigenvalue weighted by molar-refractivity contribution is 7.24. The number of rotatable bonds is 4. The largest absolute Gasteiger partial charge is 0.312 e. The standard InChI is InChI=1S/C64H56BN3Si/c1-41-36-44(64(6,7)8)37-42(2)61(41)67-52-35-34-43(63(3,4)5)38-51(52)65-50-28-21-33-59-62(50)68(53-29-17-20-32-58(53)69(59)56-30-18-15-26-48(56)49-27-16-19-31-57(49)69)55-40-47(39-54(67)60(55)65)66(45-22-11-9-12-23-45)46-24-13-10-14-25-46/h9-40H,1-8H3. The second-order valence-corrected chi connectivity index (χ2v) is 25.5. The lowest BCUT2D eigenvalue weighted by Gasteiger charge is -2.50. The average molecular weight is 906 g/mol. The van der Waals surface area contributed by atoms with Crippen molar-refractivity contribution in [2.24, 2.45) is 0 Å². The molecule has 4 aliphatic heterocycles. The van der Waals surface area contributed by atoms with Crippen LogP contribution in [0, 0.1) is 13.8 Å². The number of anilines is 9. The van der Waals surface area contributed by atoms with Crippen LogP contribution in [0.4, 0.5) is 51.2 Å². The fourth-order valence-electron chi connectivity index (χ4n) is 12.7. The topological polar surface area (TPSA) is 9.72 Å². The van der Waals surface area contributed by atoms with Crippen LogP contribution in [0.2, 0.25) is 0 Å². The van der Waals surface area contributed by atoms with Gasteiger partial charge >= 0.3 is 0 Å². The summed E-state index contributed by atoms with van der Waals surface area (Å²) in [6.07, 6.45) is 0. The maximum atomic E-state index is 2.70. The number of benzene rings is 9. The number of aryl methyl sites for hydroxylation is 2. The van der Waals surface area contributed by atoms with E-state index in [0.717, 1.165) is 17.1 Å². The van der Waals surface area contributed by atoms with E-state index in [1.54, 1.807) is 0 Å². The van der Waals surface area contributed by atoms with Crippen molar-refractivity contribution in [3.63, 3.8) is 0 Å². The van der Waals surface area contributed by atoms with Gasteiger partial charge in [-0.15, -0.1) is 0 Å². The van der Waals surface area contributed by atoms with Gasteiger partial charge in [-0.05, 0) is 144 Å². The monoisotopic (exact) mass is 905 g/mol. The van der Waals surface area contributed by atoms with Crippen LogP contribution in [0.3, 0.4) is 0 Å². The Morgan fingerprint density at radius 3 is 1.48 bits per heavy atom. The highest BCUT2D eigenvalue weighted by atomic mass is 28.3. The molecule has 4 aliphatic rings. The molecule has 13 rings (SSSR count). The van der Waals surface area contributed by atoms with Crippen LogP contribution in [0.15, 0.2) is 194 Å². The number of nitrogens with zero attached hydrogens (tertiary/aromatic N) is 3. The predicted octanol–water partition coefficient (Wildman–Crippen LogP) is 12.1. The normalized spacial score (nSPS) is 14.4. The summed E-state index contributed by atoms with van der Waals surface area (Å²) in [7, 11) is -2.85. The first-order valence-corrected chi connectivity index (χ1v) is 26.7. The Balaban J connectivity index is 1.20. The smallest absolute Gasteiger partial charge is 0.252 e. The molecule has 0 radical (unpaired) electrons. The van der Waals surface area contributed by atoms with Crippen molar-refractivity contribution in [3.05, 3.63) is 216 Å². The first-order valence-electron chi connectivity index (χ1n) is 24.7. The number of para-hydroxylation sites is 4. The minimum atomic E-state index is -2.85. The molecule has 334 valence electrons. The van der Waals surface area contributed by atoms with Crippen molar-refractivity contribution in [2.75, 3.05) is 14.7 Å². The fraction of sp³-hybridized carbons (Fsp3) is 0.156. The van der Waals surface area contributed by atoms with Crippen LogP contribution in [0.5, 0.6) is 0 Å². The second-order valence-electron chi connectivity index (χ2n) is 21.8. The molecule has 0 aromatic heterocycles. The molecular weight excluding hydrogens is 850 g/mol. The molecule has 5 heteroatoms. The van der Waals surface area contributed by atoms with E-state index in [9.17, 15) is 0 Å². The lowest BCUT2D eigenvalue weighted by molar-refractivity contribution is 0.589. The van der Waals surface area contributed by atoms with Gasteiger partial charge in [-0.3, -0.25) is 0 Å². The van der Waals surface area contributed by atoms with E-state index in [2.05, 4.69) is 264 Å². The minimum absolute atomic E-state index is 0.00953. The molecule has 1 spiro atoms. The van der Waals surface area contributed by atoms with Crippen LogP contribution in [-0.2, 0) is 10.8 Å². The molecule has 0 amide bonds. The molecule has 0 unspecified atom stereocenters. The van der Waals surface area contributed by atoms with Gasteiger partial charge in [0.15, 0.2) is 8.07 Å². The predicted molar refractivity (Wildman–Crippen MR) is 298 cm³/mol. The van der Waals surface area contributed by atoms with Gasteiger partial charge in [-0.25, -0.2) is 0 Å². The number of fused-ring (bicyclic) bond motifs is 13. The molecule has 9 aromatic rings. The van der Waals surface area contributed by atoms with E-state index in [1.165, 1.54) is 105 Å². The van der Waals surface area contributed by atoms with E-state index in [4.69, 9.17) is 0 Å². The van der Waals surface area contributed by atoms with Gasteiger partial charge in [0.2, 0.25) is 0 Å². The summed E-state index contributed by atoms with van der Waals surface area (Å²) in [5, 5.41) is 5.89. The lowest BCUT2D eigenvalue weighted by Crippen LogP contribution is -2.77. The van der Waals surface area contributed by atoms with Gasteiger partial charge in [-0.2, -0.15) is 0 Å². The summed E-state index contributed by atoms with van der Waals surface area (Å²) in [5.41, 5.74) is 23.0.